The maximum absolute atomic E-state index is 13.1. The molecule has 0 aromatic heterocycles. The van der Waals surface area contributed by atoms with E-state index < -0.39 is 11.9 Å². The van der Waals surface area contributed by atoms with Gasteiger partial charge in [-0.25, -0.2) is 13.6 Å². The highest BCUT2D eigenvalue weighted by molar-refractivity contribution is 5.95. The number of hydrogen-bond acceptors (Lipinski definition) is 3. The van der Waals surface area contributed by atoms with E-state index in [9.17, 15) is 13.6 Å². The largest absolute Gasteiger partial charge is 0.465 e. The Balaban J connectivity index is 2.15. The van der Waals surface area contributed by atoms with Crippen molar-refractivity contribution in [2.24, 2.45) is 0 Å². The summed E-state index contributed by atoms with van der Waals surface area (Å²) >= 11 is 0. The maximum atomic E-state index is 13.1. The van der Waals surface area contributed by atoms with Crippen molar-refractivity contribution in [3.63, 3.8) is 0 Å². The number of hydrogen-bond donors (Lipinski definition) is 1. The first-order valence-electron chi connectivity index (χ1n) is 6.28. The van der Waals surface area contributed by atoms with Crippen molar-refractivity contribution in [2.75, 3.05) is 12.8 Å². The lowest BCUT2D eigenvalue weighted by Gasteiger charge is -2.28. The van der Waals surface area contributed by atoms with Crippen LogP contribution in [0, 0.1) is 0 Å². The summed E-state index contributed by atoms with van der Waals surface area (Å²) in [6.07, 6.45) is 0.723. The molecule has 1 fully saturated rings. The van der Waals surface area contributed by atoms with Crippen LogP contribution in [0.3, 0.4) is 0 Å². The van der Waals surface area contributed by atoms with Crippen LogP contribution in [0.5, 0.6) is 0 Å². The number of carbonyl (C=O) groups is 1. The summed E-state index contributed by atoms with van der Waals surface area (Å²) in [5, 5.41) is 0. The molecule has 1 saturated carbocycles. The minimum Gasteiger partial charge on any atom is -0.465 e. The summed E-state index contributed by atoms with van der Waals surface area (Å²) in [5.41, 5.74) is 7.37. The van der Waals surface area contributed by atoms with Crippen LogP contribution in [0.2, 0.25) is 0 Å². The standard InChI is InChI=1S/C14H17F2NO2/c1-19-13(18)11-3-2-10(8-12(11)17)9-4-6-14(15,16)7-5-9/h2-3,8-9H,4-7,17H2,1H3. The number of nitrogen functional groups attached to an aromatic ring is 1. The molecule has 104 valence electrons. The topological polar surface area (TPSA) is 52.3 Å². The van der Waals surface area contributed by atoms with E-state index in [0.717, 1.165) is 5.56 Å². The second kappa shape index (κ2) is 5.15. The van der Waals surface area contributed by atoms with Crippen LogP contribution in [0.15, 0.2) is 18.2 Å². The van der Waals surface area contributed by atoms with Gasteiger partial charge in [-0.15, -0.1) is 0 Å². The van der Waals surface area contributed by atoms with Crippen molar-refractivity contribution in [3.05, 3.63) is 29.3 Å². The lowest BCUT2D eigenvalue weighted by atomic mass is 9.82. The SMILES string of the molecule is COC(=O)c1ccc(C2CCC(F)(F)CC2)cc1N. The fourth-order valence-electron chi connectivity index (χ4n) is 2.50. The van der Waals surface area contributed by atoms with Crippen molar-refractivity contribution in [1.29, 1.82) is 0 Å². The van der Waals surface area contributed by atoms with Gasteiger partial charge in [-0.3, -0.25) is 0 Å². The molecule has 1 aliphatic rings. The summed E-state index contributed by atoms with van der Waals surface area (Å²) in [6.45, 7) is 0. The molecule has 0 unspecified atom stereocenters. The number of benzene rings is 1. The third-order valence-corrected chi connectivity index (χ3v) is 3.67. The van der Waals surface area contributed by atoms with Crippen LogP contribution < -0.4 is 5.73 Å². The molecule has 1 aliphatic carbocycles. The van der Waals surface area contributed by atoms with Crippen molar-refractivity contribution < 1.29 is 18.3 Å². The van der Waals surface area contributed by atoms with Gasteiger partial charge in [0.1, 0.15) is 0 Å². The number of esters is 1. The smallest absolute Gasteiger partial charge is 0.339 e. The zero-order valence-electron chi connectivity index (χ0n) is 10.8. The third-order valence-electron chi connectivity index (χ3n) is 3.67. The number of nitrogens with two attached hydrogens (primary N) is 1. The number of anilines is 1. The molecule has 5 heteroatoms. The molecule has 0 bridgehead atoms. The molecule has 1 aromatic carbocycles. The van der Waals surface area contributed by atoms with E-state index in [0.29, 0.717) is 24.1 Å². The van der Waals surface area contributed by atoms with E-state index in [4.69, 9.17) is 5.73 Å². The van der Waals surface area contributed by atoms with Crippen LogP contribution in [0.25, 0.3) is 0 Å². The average Bonchev–Trinajstić information content (AvgIpc) is 2.37. The molecule has 0 amide bonds. The minimum absolute atomic E-state index is 0.0870. The molecule has 3 nitrogen and oxygen atoms in total. The molecule has 19 heavy (non-hydrogen) atoms. The van der Waals surface area contributed by atoms with E-state index in [1.165, 1.54) is 7.11 Å². The Hall–Kier alpha value is -1.65. The highest BCUT2D eigenvalue weighted by Crippen LogP contribution is 2.41. The number of rotatable bonds is 2. The van der Waals surface area contributed by atoms with E-state index in [-0.39, 0.29) is 18.8 Å². The lowest BCUT2D eigenvalue weighted by Crippen LogP contribution is -2.23. The molecule has 2 N–H and O–H groups in total. The van der Waals surface area contributed by atoms with Gasteiger partial charge >= 0.3 is 5.97 Å². The van der Waals surface area contributed by atoms with Gasteiger partial charge in [-0.2, -0.15) is 0 Å². The maximum Gasteiger partial charge on any atom is 0.339 e. The summed E-state index contributed by atoms with van der Waals surface area (Å²) in [6, 6.07) is 5.07. The predicted molar refractivity (Wildman–Crippen MR) is 68.3 cm³/mol. The van der Waals surface area contributed by atoms with E-state index >= 15 is 0 Å². The first-order chi connectivity index (χ1) is 8.93. The van der Waals surface area contributed by atoms with Crippen LogP contribution in [0.4, 0.5) is 14.5 Å². The van der Waals surface area contributed by atoms with Crippen LogP contribution >= 0.6 is 0 Å². The summed E-state index contributed by atoms with van der Waals surface area (Å²) in [7, 11) is 1.29. The zero-order chi connectivity index (χ0) is 14.0. The van der Waals surface area contributed by atoms with Crippen molar-refractivity contribution in [1.82, 2.24) is 0 Å². The minimum atomic E-state index is -2.53. The van der Waals surface area contributed by atoms with Gasteiger partial charge < -0.3 is 10.5 Å². The number of halogens is 2. The molecule has 0 radical (unpaired) electrons. The van der Waals surface area contributed by atoms with Gasteiger partial charge in [0.25, 0.3) is 0 Å². The van der Waals surface area contributed by atoms with Crippen molar-refractivity contribution in [2.45, 2.75) is 37.5 Å². The van der Waals surface area contributed by atoms with Gasteiger partial charge in [0.15, 0.2) is 0 Å². The zero-order valence-corrected chi connectivity index (χ0v) is 10.8. The van der Waals surface area contributed by atoms with Gasteiger partial charge in [0.05, 0.1) is 12.7 Å². The highest BCUT2D eigenvalue weighted by Gasteiger charge is 2.35. The molecule has 0 atom stereocenters. The number of carbonyl (C=O) groups excluding carboxylic acids is 1. The second-order valence-corrected chi connectivity index (χ2v) is 4.97. The number of alkyl halides is 2. The van der Waals surface area contributed by atoms with E-state index in [1.807, 2.05) is 0 Å². The van der Waals surface area contributed by atoms with E-state index in [1.54, 1.807) is 18.2 Å². The van der Waals surface area contributed by atoms with Gasteiger partial charge in [-0.1, -0.05) is 6.07 Å². The van der Waals surface area contributed by atoms with Gasteiger partial charge in [0.2, 0.25) is 5.92 Å². The molecular formula is C14H17F2NO2. The van der Waals surface area contributed by atoms with Crippen LogP contribution in [-0.2, 0) is 4.74 Å². The Bertz CT molecular complexity index is 478. The fraction of sp³-hybridized carbons (Fsp3) is 0.500. The lowest BCUT2D eigenvalue weighted by molar-refractivity contribution is -0.0382. The quantitative estimate of drug-likeness (QED) is 0.661. The first kappa shape index (κ1) is 13.8. The Morgan fingerprint density at radius 1 is 1.37 bits per heavy atom. The molecule has 0 spiro atoms. The van der Waals surface area contributed by atoms with Crippen LogP contribution in [-0.4, -0.2) is 19.0 Å². The third kappa shape index (κ3) is 3.03. The van der Waals surface area contributed by atoms with E-state index in [2.05, 4.69) is 4.74 Å². The molecule has 0 heterocycles. The molecule has 0 saturated heterocycles. The Kier molecular flexibility index (Phi) is 3.73. The summed E-state index contributed by atoms with van der Waals surface area (Å²) in [5.74, 6) is -2.93. The second-order valence-electron chi connectivity index (χ2n) is 4.97. The Morgan fingerprint density at radius 3 is 2.53 bits per heavy atom. The Morgan fingerprint density at radius 2 is 2.00 bits per heavy atom. The molecule has 1 aromatic rings. The van der Waals surface area contributed by atoms with Crippen LogP contribution in [0.1, 0.15) is 47.5 Å². The highest BCUT2D eigenvalue weighted by atomic mass is 19.3. The van der Waals surface area contributed by atoms with Crippen molar-refractivity contribution in [3.8, 4) is 0 Å². The molecular weight excluding hydrogens is 252 g/mol. The van der Waals surface area contributed by atoms with Crippen molar-refractivity contribution >= 4 is 11.7 Å². The van der Waals surface area contributed by atoms with Gasteiger partial charge in [-0.05, 0) is 36.5 Å². The monoisotopic (exact) mass is 269 g/mol. The summed E-state index contributed by atoms with van der Waals surface area (Å²) < 4.78 is 30.8. The molecule has 2 rings (SSSR count). The number of methoxy groups -OCH3 is 1. The first-order valence-corrected chi connectivity index (χ1v) is 6.28. The van der Waals surface area contributed by atoms with Gasteiger partial charge in [0, 0.05) is 18.5 Å². The normalized spacial score (nSPS) is 19.1. The predicted octanol–water partition coefficient (Wildman–Crippen LogP) is 3.35. The molecule has 0 aliphatic heterocycles. The average molecular weight is 269 g/mol. The number of ether oxygens (including phenoxy) is 1. The summed E-state index contributed by atoms with van der Waals surface area (Å²) in [4.78, 5) is 11.4. The Labute approximate surface area is 110 Å². The fourth-order valence-corrected chi connectivity index (χ4v) is 2.50.